The quantitative estimate of drug-likeness (QED) is 0.820. The molecule has 2 nitrogen and oxygen atoms in total. The predicted molar refractivity (Wildman–Crippen MR) is 81.8 cm³/mol. The Bertz CT molecular complexity index is 463. The molecule has 0 aromatic heterocycles. The van der Waals surface area contributed by atoms with Crippen molar-refractivity contribution in [3.05, 3.63) is 42.0 Å². The maximum absolute atomic E-state index is 4.61. The monoisotopic (exact) mass is 260 g/mol. The van der Waals surface area contributed by atoms with Gasteiger partial charge in [-0.15, -0.1) is 12.6 Å². The van der Waals surface area contributed by atoms with Gasteiger partial charge in [0.1, 0.15) is 0 Å². The van der Waals surface area contributed by atoms with Crippen molar-refractivity contribution in [2.45, 2.75) is 25.8 Å². The van der Waals surface area contributed by atoms with E-state index in [-0.39, 0.29) is 5.50 Å². The zero-order valence-corrected chi connectivity index (χ0v) is 12.1. The number of allylic oxidation sites excluding steroid dienone is 1. The van der Waals surface area contributed by atoms with E-state index in [4.69, 9.17) is 0 Å². The molecule has 0 bridgehead atoms. The summed E-state index contributed by atoms with van der Waals surface area (Å²) in [5, 5.41) is 0. The van der Waals surface area contributed by atoms with Crippen LogP contribution in [0.3, 0.4) is 0 Å². The van der Waals surface area contributed by atoms with Gasteiger partial charge >= 0.3 is 0 Å². The molecule has 0 amide bonds. The first kappa shape index (κ1) is 13.2. The van der Waals surface area contributed by atoms with Gasteiger partial charge in [-0.1, -0.05) is 44.2 Å². The van der Waals surface area contributed by atoms with Crippen molar-refractivity contribution >= 4 is 24.0 Å². The number of benzene rings is 1. The van der Waals surface area contributed by atoms with Crippen LogP contribution in [0.2, 0.25) is 0 Å². The predicted octanol–water partition coefficient (Wildman–Crippen LogP) is 3.67. The molecule has 0 N–H and O–H groups in total. The van der Waals surface area contributed by atoms with Crippen LogP contribution in [0.1, 0.15) is 25.8 Å². The molecule has 0 saturated heterocycles. The Kier molecular flexibility index (Phi) is 4.12. The molecule has 1 heterocycles. The van der Waals surface area contributed by atoms with Gasteiger partial charge in [-0.2, -0.15) is 0 Å². The molecule has 1 unspecified atom stereocenters. The first-order valence-corrected chi connectivity index (χ1v) is 6.84. The smallest absolute Gasteiger partial charge is 0.166 e. The summed E-state index contributed by atoms with van der Waals surface area (Å²) in [5.74, 6) is 0.612. The highest BCUT2D eigenvalue weighted by Gasteiger charge is 2.20. The second-order valence-electron chi connectivity index (χ2n) is 5.07. The molecule has 96 valence electrons. The van der Waals surface area contributed by atoms with Gasteiger partial charge in [0.15, 0.2) is 5.50 Å². The van der Waals surface area contributed by atoms with Crippen molar-refractivity contribution in [2.24, 2.45) is 10.9 Å². The molecule has 0 spiro atoms. The van der Waals surface area contributed by atoms with Gasteiger partial charge in [-0.3, -0.25) is 4.99 Å². The Morgan fingerprint density at radius 1 is 1.28 bits per heavy atom. The fraction of sp³-hybridized carbons (Fsp3) is 0.400. The van der Waals surface area contributed by atoms with E-state index < -0.39 is 0 Å². The first-order valence-electron chi connectivity index (χ1n) is 6.32. The van der Waals surface area contributed by atoms with E-state index in [1.807, 2.05) is 13.1 Å². The number of nitrogens with zero attached hydrogens (tertiary/aromatic N) is 2. The van der Waals surface area contributed by atoms with Crippen LogP contribution in [-0.4, -0.2) is 23.2 Å². The first-order chi connectivity index (χ1) is 8.58. The lowest BCUT2D eigenvalue weighted by atomic mass is 10.0. The molecule has 1 aromatic rings. The van der Waals surface area contributed by atoms with E-state index in [0.29, 0.717) is 5.92 Å². The standard InChI is InChI=1S/C15H20N2S/c1-11(2)9-13-10-14(17(3)15(18)16-13)12-7-5-4-6-8-12/h4-8,10-11,15,18H,9H2,1-3H3. The maximum Gasteiger partial charge on any atom is 0.166 e. The third-order valence-corrected chi connectivity index (χ3v) is 3.46. The van der Waals surface area contributed by atoms with Crippen LogP contribution < -0.4 is 0 Å². The Morgan fingerprint density at radius 3 is 2.56 bits per heavy atom. The average Bonchev–Trinajstić information content (AvgIpc) is 2.34. The van der Waals surface area contributed by atoms with Crippen molar-refractivity contribution in [1.82, 2.24) is 4.90 Å². The van der Waals surface area contributed by atoms with Crippen molar-refractivity contribution in [3.8, 4) is 0 Å². The van der Waals surface area contributed by atoms with Crippen molar-refractivity contribution in [1.29, 1.82) is 0 Å². The molecule has 1 atom stereocenters. The highest BCUT2D eigenvalue weighted by atomic mass is 32.1. The SMILES string of the molecule is CC(C)CC1=NC(S)N(C)C(c2ccccc2)=C1. The molecule has 1 aromatic carbocycles. The summed E-state index contributed by atoms with van der Waals surface area (Å²) in [6, 6.07) is 10.4. The van der Waals surface area contributed by atoms with Gasteiger partial charge in [-0.05, 0) is 24.0 Å². The van der Waals surface area contributed by atoms with Crippen molar-refractivity contribution in [2.75, 3.05) is 7.05 Å². The van der Waals surface area contributed by atoms with Crippen molar-refractivity contribution < 1.29 is 0 Å². The van der Waals surface area contributed by atoms with Crippen LogP contribution in [0.4, 0.5) is 0 Å². The van der Waals surface area contributed by atoms with E-state index in [1.165, 1.54) is 11.3 Å². The summed E-state index contributed by atoms with van der Waals surface area (Å²) in [6.07, 6.45) is 3.18. The minimum Gasteiger partial charge on any atom is -0.344 e. The van der Waals surface area contributed by atoms with Crippen LogP contribution in [0.5, 0.6) is 0 Å². The van der Waals surface area contributed by atoms with Gasteiger partial charge in [-0.25, -0.2) is 0 Å². The van der Waals surface area contributed by atoms with Crippen LogP contribution >= 0.6 is 12.6 Å². The lowest BCUT2D eigenvalue weighted by molar-refractivity contribution is 0.457. The number of hydrogen-bond acceptors (Lipinski definition) is 3. The highest BCUT2D eigenvalue weighted by Crippen LogP contribution is 2.26. The molecule has 18 heavy (non-hydrogen) atoms. The number of hydrogen-bond donors (Lipinski definition) is 1. The Morgan fingerprint density at radius 2 is 1.94 bits per heavy atom. The molecule has 1 aliphatic rings. The topological polar surface area (TPSA) is 15.6 Å². The van der Waals surface area contributed by atoms with Gasteiger partial charge in [0, 0.05) is 18.5 Å². The van der Waals surface area contributed by atoms with Gasteiger partial charge in [0.2, 0.25) is 0 Å². The van der Waals surface area contributed by atoms with Crippen LogP contribution in [0.15, 0.2) is 41.4 Å². The molecule has 0 aliphatic carbocycles. The molecular formula is C15H20N2S. The second-order valence-corrected chi connectivity index (χ2v) is 5.53. The van der Waals surface area contributed by atoms with E-state index in [2.05, 4.69) is 66.7 Å². The van der Waals surface area contributed by atoms with Crippen LogP contribution in [0.25, 0.3) is 5.70 Å². The summed E-state index contributed by atoms with van der Waals surface area (Å²) in [7, 11) is 2.03. The Hall–Kier alpha value is -1.22. The molecule has 1 aliphatic heterocycles. The molecule has 3 heteroatoms. The third-order valence-electron chi connectivity index (χ3n) is 3.00. The fourth-order valence-corrected chi connectivity index (χ4v) is 2.35. The number of thiol groups is 1. The van der Waals surface area contributed by atoms with Gasteiger partial charge < -0.3 is 4.90 Å². The minimum atomic E-state index is -0.0843. The molecule has 0 fully saturated rings. The Labute approximate surface area is 115 Å². The van der Waals surface area contributed by atoms with Gasteiger partial charge in [0.25, 0.3) is 0 Å². The zero-order valence-electron chi connectivity index (χ0n) is 11.2. The number of rotatable bonds is 3. The minimum absolute atomic E-state index is 0.0843. The summed E-state index contributed by atoms with van der Waals surface area (Å²) in [4.78, 5) is 6.71. The normalized spacial score (nSPS) is 19.8. The maximum atomic E-state index is 4.61. The lowest BCUT2D eigenvalue weighted by Gasteiger charge is -2.30. The van der Waals surface area contributed by atoms with Gasteiger partial charge in [0.05, 0.1) is 0 Å². The largest absolute Gasteiger partial charge is 0.344 e. The second kappa shape index (κ2) is 5.61. The van der Waals surface area contributed by atoms with E-state index in [1.54, 1.807) is 0 Å². The fourth-order valence-electron chi connectivity index (χ4n) is 2.08. The lowest BCUT2D eigenvalue weighted by Crippen LogP contribution is -2.29. The summed E-state index contributed by atoms with van der Waals surface area (Å²) in [6.45, 7) is 4.43. The molecule has 0 saturated carbocycles. The Balaban J connectivity index is 2.32. The van der Waals surface area contributed by atoms with Crippen LogP contribution in [-0.2, 0) is 0 Å². The molecule has 2 rings (SSSR count). The third kappa shape index (κ3) is 2.96. The number of aliphatic imine (C=N–C) groups is 1. The van der Waals surface area contributed by atoms with E-state index in [9.17, 15) is 0 Å². The summed E-state index contributed by atoms with van der Waals surface area (Å²) < 4.78 is 0. The van der Waals surface area contributed by atoms with Crippen LogP contribution in [0, 0.1) is 5.92 Å². The zero-order chi connectivity index (χ0) is 13.1. The van der Waals surface area contributed by atoms with E-state index >= 15 is 0 Å². The van der Waals surface area contributed by atoms with E-state index in [0.717, 1.165) is 12.1 Å². The summed E-state index contributed by atoms with van der Waals surface area (Å²) >= 11 is 4.55. The van der Waals surface area contributed by atoms with Crippen molar-refractivity contribution in [3.63, 3.8) is 0 Å². The molecular weight excluding hydrogens is 240 g/mol. The average molecular weight is 260 g/mol. The molecule has 0 radical (unpaired) electrons. The summed E-state index contributed by atoms with van der Waals surface area (Å²) in [5.41, 5.74) is 3.47. The highest BCUT2D eigenvalue weighted by molar-refractivity contribution is 7.80.